The number of amides is 2. The molecule has 2 amide bonds. The Bertz CT molecular complexity index is 852. The molecule has 9 heteroatoms. The molecule has 9 nitrogen and oxygen atoms in total. The molecule has 2 N–H and O–H groups in total. The number of nitrogens with one attached hydrogen (secondary N) is 2. The zero-order valence-corrected chi connectivity index (χ0v) is 16.6. The molecule has 2 heterocycles. The summed E-state index contributed by atoms with van der Waals surface area (Å²) in [6.45, 7) is 3.24. The minimum absolute atomic E-state index is 0.0197. The SMILES string of the molecule is CCOC(=O)N1CCC(NC(=O)c2ccnc(Nc3ccccc3OC)n2)CC1. The Labute approximate surface area is 169 Å². The number of anilines is 2. The molecule has 0 bridgehead atoms. The van der Waals surface area contributed by atoms with Crippen molar-refractivity contribution in [2.24, 2.45) is 0 Å². The number of nitrogens with zero attached hydrogens (tertiary/aromatic N) is 3. The average Bonchev–Trinajstić information content (AvgIpc) is 2.75. The molecule has 154 valence electrons. The number of carbonyl (C=O) groups excluding carboxylic acids is 2. The zero-order valence-electron chi connectivity index (χ0n) is 16.6. The number of likely N-dealkylation sites (tertiary alicyclic amines) is 1. The predicted octanol–water partition coefficient (Wildman–Crippen LogP) is 2.58. The van der Waals surface area contributed by atoms with Crippen molar-refractivity contribution in [3.63, 3.8) is 0 Å². The molecule has 1 aromatic carbocycles. The van der Waals surface area contributed by atoms with Gasteiger partial charge in [-0.05, 0) is 38.0 Å². The molecule has 0 atom stereocenters. The standard InChI is InChI=1S/C20H25N5O4/c1-3-29-20(27)25-12-9-14(10-13-25)22-18(26)16-8-11-21-19(24-16)23-15-6-4-5-7-17(15)28-2/h4-8,11,14H,3,9-10,12-13H2,1-2H3,(H,22,26)(H,21,23,24). The third-order valence-corrected chi connectivity index (χ3v) is 4.60. The number of carbonyl (C=O) groups is 2. The van der Waals surface area contributed by atoms with E-state index in [0.717, 1.165) is 0 Å². The van der Waals surface area contributed by atoms with Crippen molar-refractivity contribution in [1.82, 2.24) is 20.2 Å². The molecular weight excluding hydrogens is 374 g/mol. The Morgan fingerprint density at radius 3 is 2.69 bits per heavy atom. The summed E-state index contributed by atoms with van der Waals surface area (Å²) in [5.74, 6) is 0.684. The highest BCUT2D eigenvalue weighted by Crippen LogP contribution is 2.25. The summed E-state index contributed by atoms with van der Waals surface area (Å²) in [5.41, 5.74) is 0.976. The summed E-state index contributed by atoms with van der Waals surface area (Å²) in [6.07, 6.45) is 2.56. The normalized spacial score (nSPS) is 14.2. The molecule has 1 aliphatic heterocycles. The van der Waals surface area contributed by atoms with Crippen molar-refractivity contribution in [2.45, 2.75) is 25.8 Å². The van der Waals surface area contributed by atoms with E-state index < -0.39 is 0 Å². The summed E-state index contributed by atoms with van der Waals surface area (Å²) in [7, 11) is 1.58. The molecule has 0 spiro atoms. The van der Waals surface area contributed by atoms with Crippen LogP contribution in [0.5, 0.6) is 5.75 Å². The number of hydrogen-bond donors (Lipinski definition) is 2. The summed E-state index contributed by atoms with van der Waals surface area (Å²) in [5, 5.41) is 6.05. The maximum atomic E-state index is 12.6. The van der Waals surface area contributed by atoms with Crippen LogP contribution in [0.3, 0.4) is 0 Å². The molecule has 3 rings (SSSR count). The summed E-state index contributed by atoms with van der Waals surface area (Å²) < 4.78 is 10.3. The molecule has 0 unspecified atom stereocenters. The van der Waals surface area contributed by atoms with Crippen LogP contribution in [-0.4, -0.2) is 59.7 Å². The first-order valence-electron chi connectivity index (χ1n) is 9.56. The number of ether oxygens (including phenoxy) is 2. The summed E-state index contributed by atoms with van der Waals surface area (Å²) >= 11 is 0. The third-order valence-electron chi connectivity index (χ3n) is 4.60. The van der Waals surface area contributed by atoms with Gasteiger partial charge in [0.2, 0.25) is 5.95 Å². The Balaban J connectivity index is 1.58. The Morgan fingerprint density at radius 2 is 1.97 bits per heavy atom. The van der Waals surface area contributed by atoms with Crippen LogP contribution in [-0.2, 0) is 4.74 Å². The van der Waals surface area contributed by atoms with Gasteiger partial charge in [-0.15, -0.1) is 0 Å². The van der Waals surface area contributed by atoms with Crippen LogP contribution in [0.15, 0.2) is 36.5 Å². The number of hydrogen-bond acceptors (Lipinski definition) is 7. The maximum Gasteiger partial charge on any atom is 0.409 e. The van der Waals surface area contributed by atoms with Gasteiger partial charge < -0.3 is 25.0 Å². The monoisotopic (exact) mass is 399 g/mol. The molecule has 1 fully saturated rings. The van der Waals surface area contributed by atoms with Crippen molar-refractivity contribution in [3.8, 4) is 5.75 Å². The van der Waals surface area contributed by atoms with E-state index in [1.807, 2.05) is 24.3 Å². The molecule has 1 aliphatic rings. The smallest absolute Gasteiger partial charge is 0.409 e. The van der Waals surface area contributed by atoms with Crippen LogP contribution in [0, 0.1) is 0 Å². The first-order chi connectivity index (χ1) is 14.1. The summed E-state index contributed by atoms with van der Waals surface area (Å²) in [6, 6.07) is 8.94. The second-order valence-electron chi connectivity index (χ2n) is 6.52. The quantitative estimate of drug-likeness (QED) is 0.769. The molecule has 0 aliphatic carbocycles. The number of para-hydroxylation sites is 2. The van der Waals surface area contributed by atoms with E-state index in [9.17, 15) is 9.59 Å². The van der Waals surface area contributed by atoms with Crippen molar-refractivity contribution in [2.75, 3.05) is 32.1 Å². The second-order valence-corrected chi connectivity index (χ2v) is 6.52. The summed E-state index contributed by atoms with van der Waals surface area (Å²) in [4.78, 5) is 34.5. The van der Waals surface area contributed by atoms with Gasteiger partial charge in [-0.2, -0.15) is 0 Å². The predicted molar refractivity (Wildman–Crippen MR) is 107 cm³/mol. The van der Waals surface area contributed by atoms with Gasteiger partial charge in [-0.25, -0.2) is 14.8 Å². The van der Waals surface area contributed by atoms with Gasteiger partial charge in [0.25, 0.3) is 5.91 Å². The second kappa shape index (κ2) is 9.72. The Hall–Kier alpha value is -3.36. The number of benzene rings is 1. The lowest BCUT2D eigenvalue weighted by atomic mass is 10.1. The van der Waals surface area contributed by atoms with E-state index in [2.05, 4.69) is 20.6 Å². The molecular formula is C20H25N5O4. The van der Waals surface area contributed by atoms with Crippen LogP contribution < -0.4 is 15.4 Å². The van der Waals surface area contributed by atoms with E-state index in [1.54, 1.807) is 25.0 Å². The molecule has 1 aromatic heterocycles. The zero-order chi connectivity index (χ0) is 20.6. The Morgan fingerprint density at radius 1 is 1.21 bits per heavy atom. The number of rotatable bonds is 6. The molecule has 1 saturated heterocycles. The van der Waals surface area contributed by atoms with Gasteiger partial charge in [-0.1, -0.05) is 12.1 Å². The first kappa shape index (κ1) is 20.4. The fourth-order valence-corrected chi connectivity index (χ4v) is 3.09. The fraction of sp³-hybridized carbons (Fsp3) is 0.400. The van der Waals surface area contributed by atoms with Crippen molar-refractivity contribution in [1.29, 1.82) is 0 Å². The molecule has 0 saturated carbocycles. The highest BCUT2D eigenvalue weighted by molar-refractivity contribution is 5.92. The van der Waals surface area contributed by atoms with Crippen LogP contribution in [0.25, 0.3) is 0 Å². The lowest BCUT2D eigenvalue weighted by molar-refractivity contribution is 0.0856. The van der Waals surface area contributed by atoms with Crippen LogP contribution in [0.4, 0.5) is 16.4 Å². The van der Waals surface area contributed by atoms with Crippen molar-refractivity contribution >= 4 is 23.6 Å². The number of piperidine rings is 1. The van der Waals surface area contributed by atoms with Crippen LogP contribution in [0.1, 0.15) is 30.3 Å². The highest BCUT2D eigenvalue weighted by Gasteiger charge is 2.25. The first-order valence-corrected chi connectivity index (χ1v) is 9.56. The highest BCUT2D eigenvalue weighted by atomic mass is 16.6. The van der Waals surface area contributed by atoms with Crippen LogP contribution in [0.2, 0.25) is 0 Å². The largest absolute Gasteiger partial charge is 0.495 e. The van der Waals surface area contributed by atoms with Crippen molar-refractivity contribution < 1.29 is 19.1 Å². The molecule has 29 heavy (non-hydrogen) atoms. The third kappa shape index (κ3) is 5.34. The maximum absolute atomic E-state index is 12.6. The van der Waals surface area contributed by atoms with Gasteiger partial charge in [0.05, 0.1) is 19.4 Å². The minimum Gasteiger partial charge on any atom is -0.495 e. The van der Waals surface area contributed by atoms with Gasteiger partial charge in [-0.3, -0.25) is 4.79 Å². The van der Waals surface area contributed by atoms with Gasteiger partial charge >= 0.3 is 6.09 Å². The van der Waals surface area contributed by atoms with E-state index in [0.29, 0.717) is 49.9 Å². The average molecular weight is 399 g/mol. The lowest BCUT2D eigenvalue weighted by Crippen LogP contribution is -2.46. The van der Waals surface area contributed by atoms with Crippen LogP contribution >= 0.6 is 0 Å². The number of methoxy groups -OCH3 is 1. The molecule has 2 aromatic rings. The topological polar surface area (TPSA) is 106 Å². The number of aromatic nitrogens is 2. The minimum atomic E-state index is -0.305. The van der Waals surface area contributed by atoms with Gasteiger partial charge in [0, 0.05) is 25.3 Å². The van der Waals surface area contributed by atoms with E-state index in [1.165, 1.54) is 6.20 Å². The molecule has 0 radical (unpaired) electrons. The fourth-order valence-electron chi connectivity index (χ4n) is 3.09. The van der Waals surface area contributed by atoms with E-state index in [4.69, 9.17) is 9.47 Å². The van der Waals surface area contributed by atoms with Gasteiger partial charge in [0.15, 0.2) is 0 Å². The lowest BCUT2D eigenvalue weighted by Gasteiger charge is -2.31. The van der Waals surface area contributed by atoms with Gasteiger partial charge in [0.1, 0.15) is 11.4 Å². The van der Waals surface area contributed by atoms with E-state index >= 15 is 0 Å². The van der Waals surface area contributed by atoms with Crippen molar-refractivity contribution in [3.05, 3.63) is 42.2 Å². The Kier molecular flexibility index (Phi) is 6.83. The van der Waals surface area contributed by atoms with E-state index in [-0.39, 0.29) is 23.7 Å².